The zero-order valence-electron chi connectivity index (χ0n) is 14.5. The second kappa shape index (κ2) is 8.74. The topological polar surface area (TPSA) is 41.5 Å². The molecule has 3 aromatic carbocycles. The Kier molecular flexibility index (Phi) is 6.38. The Hall–Kier alpha value is -1.78. The third kappa shape index (κ3) is 4.49. The van der Waals surface area contributed by atoms with E-state index in [0.717, 1.165) is 27.6 Å². The fraction of sp³-hybridized carbons (Fsp3) is 0.238. The first-order chi connectivity index (χ1) is 12.6. The number of nitrogens with one attached hydrogen (secondary N) is 1. The lowest BCUT2D eigenvalue weighted by atomic mass is 10.0. The fourth-order valence-corrected chi connectivity index (χ4v) is 3.37. The Morgan fingerprint density at radius 1 is 0.962 bits per heavy atom. The SMILES string of the molecule is CC(O)CNCc1c(OCc2c(Cl)cccc2Cl)ccc2ccccc12. The highest BCUT2D eigenvalue weighted by Gasteiger charge is 2.12. The number of hydrogen-bond donors (Lipinski definition) is 2. The van der Waals surface area contributed by atoms with Crippen LogP contribution < -0.4 is 10.1 Å². The molecule has 0 radical (unpaired) electrons. The lowest BCUT2D eigenvalue weighted by Crippen LogP contribution is -2.24. The van der Waals surface area contributed by atoms with Crippen molar-refractivity contribution in [3.05, 3.63) is 75.8 Å². The highest BCUT2D eigenvalue weighted by Crippen LogP contribution is 2.31. The third-order valence-electron chi connectivity index (χ3n) is 4.17. The molecule has 0 aromatic heterocycles. The second-order valence-corrected chi connectivity index (χ2v) is 7.05. The minimum absolute atomic E-state index is 0.292. The van der Waals surface area contributed by atoms with Crippen LogP contribution in [0.3, 0.4) is 0 Å². The van der Waals surface area contributed by atoms with Crippen LogP contribution in [-0.2, 0) is 13.2 Å². The van der Waals surface area contributed by atoms with Crippen molar-refractivity contribution in [3.63, 3.8) is 0 Å². The Balaban J connectivity index is 1.89. The maximum Gasteiger partial charge on any atom is 0.124 e. The molecule has 0 saturated carbocycles. The number of hydrogen-bond acceptors (Lipinski definition) is 3. The van der Waals surface area contributed by atoms with Gasteiger partial charge in [-0.25, -0.2) is 0 Å². The van der Waals surface area contributed by atoms with Crippen LogP contribution in [0.1, 0.15) is 18.1 Å². The van der Waals surface area contributed by atoms with Gasteiger partial charge in [0.2, 0.25) is 0 Å². The summed E-state index contributed by atoms with van der Waals surface area (Å²) in [4.78, 5) is 0. The van der Waals surface area contributed by atoms with E-state index in [1.165, 1.54) is 0 Å². The van der Waals surface area contributed by atoms with Gasteiger partial charge in [0.05, 0.1) is 6.10 Å². The number of rotatable bonds is 7. The van der Waals surface area contributed by atoms with Crippen LogP contribution >= 0.6 is 23.2 Å². The lowest BCUT2D eigenvalue weighted by Gasteiger charge is -2.16. The quantitative estimate of drug-likeness (QED) is 0.583. The average molecular weight is 390 g/mol. The van der Waals surface area contributed by atoms with Gasteiger partial charge in [0.1, 0.15) is 12.4 Å². The van der Waals surface area contributed by atoms with Gasteiger partial charge in [0.15, 0.2) is 0 Å². The van der Waals surface area contributed by atoms with Gasteiger partial charge in [-0.15, -0.1) is 0 Å². The van der Waals surface area contributed by atoms with Crippen molar-refractivity contribution in [1.82, 2.24) is 5.32 Å². The Morgan fingerprint density at radius 2 is 1.69 bits per heavy atom. The van der Waals surface area contributed by atoms with E-state index in [9.17, 15) is 5.11 Å². The van der Waals surface area contributed by atoms with Crippen molar-refractivity contribution in [2.45, 2.75) is 26.2 Å². The summed E-state index contributed by atoms with van der Waals surface area (Å²) in [6.45, 7) is 3.16. The summed E-state index contributed by atoms with van der Waals surface area (Å²) in [5.41, 5.74) is 1.82. The van der Waals surface area contributed by atoms with Gasteiger partial charge >= 0.3 is 0 Å². The number of fused-ring (bicyclic) bond motifs is 1. The molecule has 136 valence electrons. The first kappa shape index (κ1) is 19.0. The molecule has 0 aliphatic rings. The summed E-state index contributed by atoms with van der Waals surface area (Å²) in [6.07, 6.45) is -0.406. The number of ether oxygens (including phenoxy) is 1. The van der Waals surface area contributed by atoms with Crippen molar-refractivity contribution < 1.29 is 9.84 Å². The van der Waals surface area contributed by atoms with Crippen LogP contribution in [0.5, 0.6) is 5.75 Å². The van der Waals surface area contributed by atoms with E-state index in [2.05, 4.69) is 17.4 Å². The van der Waals surface area contributed by atoms with Gasteiger partial charge < -0.3 is 15.2 Å². The van der Waals surface area contributed by atoms with Crippen molar-refractivity contribution in [2.24, 2.45) is 0 Å². The van der Waals surface area contributed by atoms with Gasteiger partial charge in [0.25, 0.3) is 0 Å². The summed E-state index contributed by atoms with van der Waals surface area (Å²) >= 11 is 12.5. The first-order valence-electron chi connectivity index (χ1n) is 8.51. The Morgan fingerprint density at radius 3 is 2.42 bits per heavy atom. The maximum atomic E-state index is 9.50. The standard InChI is InChI=1S/C21H21Cl2NO2/c1-14(25)11-24-12-17-16-6-3-2-5-15(16)9-10-21(17)26-13-18-19(22)7-4-8-20(18)23/h2-10,14,24-25H,11-13H2,1H3. The monoisotopic (exact) mass is 389 g/mol. The predicted octanol–water partition coefficient (Wildman–Crippen LogP) is 5.20. The molecule has 0 heterocycles. The van der Waals surface area contributed by atoms with E-state index < -0.39 is 6.10 Å². The molecule has 3 rings (SSSR count). The molecule has 0 amide bonds. The van der Waals surface area contributed by atoms with E-state index in [1.54, 1.807) is 19.1 Å². The van der Waals surface area contributed by atoms with Crippen LogP contribution in [0.4, 0.5) is 0 Å². The molecule has 5 heteroatoms. The Bertz CT molecular complexity index is 876. The molecule has 0 fully saturated rings. The van der Waals surface area contributed by atoms with E-state index in [4.69, 9.17) is 27.9 Å². The largest absolute Gasteiger partial charge is 0.488 e. The number of halogens is 2. The van der Waals surface area contributed by atoms with Crippen molar-refractivity contribution >= 4 is 34.0 Å². The van der Waals surface area contributed by atoms with Crippen LogP contribution in [0.25, 0.3) is 10.8 Å². The van der Waals surface area contributed by atoms with Crippen molar-refractivity contribution in [2.75, 3.05) is 6.54 Å². The molecule has 26 heavy (non-hydrogen) atoms. The van der Waals surface area contributed by atoms with Gasteiger partial charge in [-0.1, -0.05) is 59.6 Å². The molecule has 1 unspecified atom stereocenters. The molecule has 0 bridgehead atoms. The summed E-state index contributed by atoms with van der Waals surface area (Å²) in [6, 6.07) is 17.6. The van der Waals surface area contributed by atoms with Crippen LogP contribution in [0, 0.1) is 0 Å². The highest BCUT2D eigenvalue weighted by molar-refractivity contribution is 6.35. The molecule has 0 aliphatic carbocycles. The predicted molar refractivity (Wildman–Crippen MR) is 108 cm³/mol. The maximum absolute atomic E-state index is 9.50. The summed E-state index contributed by atoms with van der Waals surface area (Å²) in [7, 11) is 0. The summed E-state index contributed by atoms with van der Waals surface area (Å²) < 4.78 is 6.08. The van der Waals surface area contributed by atoms with Gasteiger partial charge in [0, 0.05) is 34.3 Å². The zero-order valence-corrected chi connectivity index (χ0v) is 16.0. The smallest absolute Gasteiger partial charge is 0.124 e. The van der Waals surface area contributed by atoms with Crippen LogP contribution in [0.2, 0.25) is 10.0 Å². The summed E-state index contributed by atoms with van der Waals surface area (Å²) in [5, 5.41) is 16.2. The second-order valence-electron chi connectivity index (χ2n) is 6.23. The minimum Gasteiger partial charge on any atom is -0.488 e. The number of benzene rings is 3. The van der Waals surface area contributed by atoms with E-state index in [1.807, 2.05) is 30.3 Å². The fourth-order valence-electron chi connectivity index (χ4n) is 2.86. The molecule has 0 saturated heterocycles. The van der Waals surface area contributed by atoms with E-state index in [0.29, 0.717) is 29.7 Å². The normalized spacial score (nSPS) is 12.3. The van der Waals surface area contributed by atoms with Crippen LogP contribution in [-0.4, -0.2) is 17.8 Å². The van der Waals surface area contributed by atoms with Gasteiger partial charge in [-0.3, -0.25) is 0 Å². The molecular weight excluding hydrogens is 369 g/mol. The van der Waals surface area contributed by atoms with Crippen LogP contribution in [0.15, 0.2) is 54.6 Å². The molecule has 3 nitrogen and oxygen atoms in total. The third-order valence-corrected chi connectivity index (χ3v) is 4.88. The van der Waals surface area contributed by atoms with Gasteiger partial charge in [-0.05, 0) is 35.9 Å². The summed E-state index contributed by atoms with van der Waals surface area (Å²) in [5.74, 6) is 0.776. The Labute approximate surface area is 163 Å². The lowest BCUT2D eigenvalue weighted by molar-refractivity contribution is 0.190. The molecule has 3 aromatic rings. The van der Waals surface area contributed by atoms with Crippen molar-refractivity contribution in [1.29, 1.82) is 0 Å². The number of aliphatic hydroxyl groups excluding tert-OH is 1. The van der Waals surface area contributed by atoms with E-state index in [-0.39, 0.29) is 0 Å². The van der Waals surface area contributed by atoms with E-state index >= 15 is 0 Å². The zero-order chi connectivity index (χ0) is 18.5. The van der Waals surface area contributed by atoms with Crippen molar-refractivity contribution in [3.8, 4) is 5.75 Å². The highest BCUT2D eigenvalue weighted by atomic mass is 35.5. The molecule has 0 spiro atoms. The van der Waals surface area contributed by atoms with Gasteiger partial charge in [-0.2, -0.15) is 0 Å². The molecule has 2 N–H and O–H groups in total. The molecule has 1 atom stereocenters. The average Bonchev–Trinajstić information content (AvgIpc) is 2.62. The minimum atomic E-state index is -0.406. The molecule has 0 aliphatic heterocycles. The first-order valence-corrected chi connectivity index (χ1v) is 9.27. The molecular formula is C21H21Cl2NO2. The number of aliphatic hydroxyl groups is 1.